The first-order valence-electron chi connectivity index (χ1n) is 9.02. The molecule has 0 heterocycles. The predicted octanol–water partition coefficient (Wildman–Crippen LogP) is 3.43. The Morgan fingerprint density at radius 2 is 1.50 bits per heavy atom. The Morgan fingerprint density at radius 1 is 0.821 bits per heavy atom. The van der Waals surface area contributed by atoms with E-state index < -0.39 is 5.91 Å². The fourth-order valence-corrected chi connectivity index (χ4v) is 2.69. The van der Waals surface area contributed by atoms with Crippen LogP contribution < -0.4 is 15.6 Å². The second-order valence-electron chi connectivity index (χ2n) is 6.43. The first kappa shape index (κ1) is 19.2. The molecular formula is C23H22N2O3. The Balaban J connectivity index is 1.52. The molecule has 0 aromatic heterocycles. The third-order valence-electron chi connectivity index (χ3n) is 4.20. The van der Waals surface area contributed by atoms with Gasteiger partial charge in [0, 0.05) is 12.0 Å². The van der Waals surface area contributed by atoms with Gasteiger partial charge in [0.15, 0.2) is 6.61 Å². The average Bonchev–Trinajstić information content (AvgIpc) is 2.72. The molecular weight excluding hydrogens is 352 g/mol. The van der Waals surface area contributed by atoms with Crippen LogP contribution in [-0.4, -0.2) is 18.4 Å². The highest BCUT2D eigenvalue weighted by molar-refractivity contribution is 5.95. The van der Waals surface area contributed by atoms with Crippen molar-refractivity contribution in [2.24, 2.45) is 0 Å². The number of hydrazine groups is 1. The van der Waals surface area contributed by atoms with E-state index in [9.17, 15) is 9.59 Å². The van der Waals surface area contributed by atoms with Gasteiger partial charge in [-0.1, -0.05) is 66.2 Å². The normalized spacial score (nSPS) is 10.2. The summed E-state index contributed by atoms with van der Waals surface area (Å²) in [7, 11) is 0. The molecule has 3 aromatic rings. The van der Waals surface area contributed by atoms with Crippen LogP contribution in [-0.2, 0) is 11.2 Å². The van der Waals surface area contributed by atoms with Gasteiger partial charge in [-0.3, -0.25) is 20.4 Å². The number of hydrogen-bond acceptors (Lipinski definition) is 3. The molecule has 0 aliphatic carbocycles. The second kappa shape index (κ2) is 9.37. The lowest BCUT2D eigenvalue weighted by atomic mass is 10.0. The van der Waals surface area contributed by atoms with Crippen LogP contribution in [0.25, 0.3) is 0 Å². The summed E-state index contributed by atoms with van der Waals surface area (Å²) in [6.45, 7) is 1.75. The molecule has 2 amide bonds. The van der Waals surface area contributed by atoms with Crippen molar-refractivity contribution >= 4 is 11.8 Å². The maximum absolute atomic E-state index is 12.0. The van der Waals surface area contributed by atoms with Crippen LogP contribution >= 0.6 is 0 Å². The Hall–Kier alpha value is -3.60. The minimum Gasteiger partial charge on any atom is -0.483 e. The summed E-state index contributed by atoms with van der Waals surface area (Å²) in [6.07, 6.45) is 0.711. The Kier molecular flexibility index (Phi) is 6.41. The molecule has 28 heavy (non-hydrogen) atoms. The van der Waals surface area contributed by atoms with Crippen LogP contribution in [0.15, 0.2) is 78.9 Å². The predicted molar refractivity (Wildman–Crippen MR) is 108 cm³/mol. The summed E-state index contributed by atoms with van der Waals surface area (Å²) in [5, 5.41) is 0. The van der Waals surface area contributed by atoms with Crippen molar-refractivity contribution in [3.05, 3.63) is 101 Å². The Bertz CT molecular complexity index is 938. The molecule has 5 heteroatoms. The van der Waals surface area contributed by atoms with Crippen LogP contribution in [0.1, 0.15) is 27.0 Å². The number of benzene rings is 3. The molecule has 2 N–H and O–H groups in total. The third kappa shape index (κ3) is 5.45. The number of ether oxygens (including phenoxy) is 1. The largest absolute Gasteiger partial charge is 0.483 e. The molecule has 0 spiro atoms. The van der Waals surface area contributed by atoms with E-state index >= 15 is 0 Å². The highest BCUT2D eigenvalue weighted by Crippen LogP contribution is 2.21. The molecule has 0 saturated carbocycles. The standard InChI is InChI=1S/C23H22N2O3/c1-17-11-13-19(14-12-17)23(27)25-24-22(26)16-28-21-10-6-5-9-20(21)15-18-7-3-2-4-8-18/h2-14H,15-16H2,1H3,(H,24,26)(H,25,27). The topological polar surface area (TPSA) is 67.4 Å². The van der Waals surface area contributed by atoms with E-state index in [0.717, 1.165) is 16.7 Å². The van der Waals surface area contributed by atoms with Gasteiger partial charge in [-0.2, -0.15) is 0 Å². The van der Waals surface area contributed by atoms with Gasteiger partial charge in [0.25, 0.3) is 11.8 Å². The van der Waals surface area contributed by atoms with Crippen LogP contribution in [0.2, 0.25) is 0 Å². The highest BCUT2D eigenvalue weighted by atomic mass is 16.5. The first-order valence-corrected chi connectivity index (χ1v) is 9.02. The van der Waals surface area contributed by atoms with E-state index in [1.54, 1.807) is 12.1 Å². The third-order valence-corrected chi connectivity index (χ3v) is 4.20. The van der Waals surface area contributed by atoms with Gasteiger partial charge >= 0.3 is 0 Å². The molecule has 0 aliphatic heterocycles. The number of carbonyl (C=O) groups excluding carboxylic acids is 2. The van der Waals surface area contributed by atoms with E-state index in [1.165, 1.54) is 0 Å². The lowest BCUT2D eigenvalue weighted by Crippen LogP contribution is -2.43. The number of rotatable bonds is 6. The van der Waals surface area contributed by atoms with Crippen LogP contribution in [0.3, 0.4) is 0 Å². The molecule has 0 aliphatic rings. The van der Waals surface area contributed by atoms with Gasteiger partial charge in [-0.15, -0.1) is 0 Å². The van der Waals surface area contributed by atoms with Gasteiger partial charge in [0.05, 0.1) is 0 Å². The van der Waals surface area contributed by atoms with E-state index in [4.69, 9.17) is 4.74 Å². The summed E-state index contributed by atoms with van der Waals surface area (Å²) in [5.41, 5.74) is 8.44. The fraction of sp³-hybridized carbons (Fsp3) is 0.130. The van der Waals surface area contributed by atoms with Gasteiger partial charge < -0.3 is 4.74 Å². The fourth-order valence-electron chi connectivity index (χ4n) is 2.69. The zero-order valence-electron chi connectivity index (χ0n) is 15.6. The van der Waals surface area contributed by atoms with Gasteiger partial charge in [-0.05, 0) is 36.2 Å². The van der Waals surface area contributed by atoms with Crippen molar-refractivity contribution in [3.8, 4) is 5.75 Å². The smallest absolute Gasteiger partial charge is 0.276 e. The van der Waals surface area contributed by atoms with E-state index in [-0.39, 0.29) is 12.5 Å². The minimum atomic E-state index is -0.435. The Morgan fingerprint density at radius 3 is 2.25 bits per heavy atom. The summed E-state index contributed by atoms with van der Waals surface area (Å²) in [6, 6.07) is 24.7. The molecule has 3 aromatic carbocycles. The van der Waals surface area contributed by atoms with Crippen LogP contribution in [0.5, 0.6) is 5.75 Å². The quantitative estimate of drug-likeness (QED) is 0.650. The molecule has 142 valence electrons. The summed E-state index contributed by atoms with van der Waals surface area (Å²) >= 11 is 0. The second-order valence-corrected chi connectivity index (χ2v) is 6.43. The van der Waals surface area contributed by atoms with Crippen molar-refractivity contribution in [2.45, 2.75) is 13.3 Å². The number of aryl methyl sites for hydroxylation is 1. The summed E-state index contributed by atoms with van der Waals surface area (Å²) in [4.78, 5) is 24.1. The van der Waals surface area contributed by atoms with E-state index in [0.29, 0.717) is 17.7 Å². The molecule has 0 fully saturated rings. The lowest BCUT2D eigenvalue weighted by molar-refractivity contribution is -0.123. The molecule has 0 saturated heterocycles. The lowest BCUT2D eigenvalue weighted by Gasteiger charge is -2.12. The van der Waals surface area contributed by atoms with Crippen LogP contribution in [0, 0.1) is 6.92 Å². The summed E-state index contributed by atoms with van der Waals surface area (Å²) < 4.78 is 5.66. The molecule has 3 rings (SSSR count). The average molecular weight is 374 g/mol. The number of para-hydroxylation sites is 1. The van der Waals surface area contributed by atoms with Gasteiger partial charge in [0.1, 0.15) is 5.75 Å². The monoisotopic (exact) mass is 374 g/mol. The van der Waals surface area contributed by atoms with Crippen molar-refractivity contribution in [1.82, 2.24) is 10.9 Å². The number of carbonyl (C=O) groups is 2. The number of nitrogens with one attached hydrogen (secondary N) is 2. The van der Waals surface area contributed by atoms with Crippen molar-refractivity contribution in [3.63, 3.8) is 0 Å². The minimum absolute atomic E-state index is 0.194. The van der Waals surface area contributed by atoms with Gasteiger partial charge in [-0.25, -0.2) is 0 Å². The zero-order valence-corrected chi connectivity index (χ0v) is 15.6. The van der Waals surface area contributed by atoms with Gasteiger partial charge in [0.2, 0.25) is 0 Å². The molecule has 0 radical (unpaired) electrons. The van der Waals surface area contributed by atoms with Crippen molar-refractivity contribution < 1.29 is 14.3 Å². The maximum atomic E-state index is 12.0. The zero-order chi connectivity index (χ0) is 19.8. The van der Waals surface area contributed by atoms with E-state index in [1.807, 2.05) is 73.7 Å². The highest BCUT2D eigenvalue weighted by Gasteiger charge is 2.09. The summed E-state index contributed by atoms with van der Waals surface area (Å²) in [5.74, 6) is -0.167. The van der Waals surface area contributed by atoms with Crippen LogP contribution in [0.4, 0.5) is 0 Å². The SMILES string of the molecule is Cc1ccc(C(=O)NNC(=O)COc2ccccc2Cc2ccccc2)cc1. The molecule has 0 bridgehead atoms. The van der Waals surface area contributed by atoms with E-state index in [2.05, 4.69) is 10.9 Å². The van der Waals surface area contributed by atoms with Crippen molar-refractivity contribution in [1.29, 1.82) is 0 Å². The number of amides is 2. The molecule has 5 nitrogen and oxygen atoms in total. The Labute approximate surface area is 164 Å². The van der Waals surface area contributed by atoms with Crippen molar-refractivity contribution in [2.75, 3.05) is 6.61 Å². The molecule has 0 atom stereocenters. The number of hydrogen-bond donors (Lipinski definition) is 2. The molecule has 0 unspecified atom stereocenters. The maximum Gasteiger partial charge on any atom is 0.276 e. The first-order chi connectivity index (χ1) is 13.6.